The summed E-state index contributed by atoms with van der Waals surface area (Å²) in [5, 5.41) is 0. The molecule has 1 heterocycles. The van der Waals surface area contributed by atoms with E-state index in [9.17, 15) is 8.78 Å². The summed E-state index contributed by atoms with van der Waals surface area (Å²) in [5.41, 5.74) is 2.34. The van der Waals surface area contributed by atoms with Gasteiger partial charge in [-0.05, 0) is 36.4 Å². The van der Waals surface area contributed by atoms with Crippen LogP contribution in [0.1, 0.15) is 0 Å². The van der Waals surface area contributed by atoms with Crippen LogP contribution in [0, 0.1) is 11.6 Å². The van der Waals surface area contributed by atoms with Crippen LogP contribution in [-0.4, -0.2) is 20.0 Å². The second-order valence-electron chi connectivity index (χ2n) is 6.29. The van der Waals surface area contributed by atoms with Gasteiger partial charge in [-0.15, -0.1) is 0 Å². The Balaban J connectivity index is 1.71. The van der Waals surface area contributed by atoms with Crippen LogP contribution >= 0.6 is 0 Å². The molecule has 0 aromatic heterocycles. The first-order valence-electron chi connectivity index (χ1n) is 8.51. The third-order valence-corrected chi connectivity index (χ3v) is 4.54. The van der Waals surface area contributed by atoms with Gasteiger partial charge in [-0.25, -0.2) is 8.78 Å². The molecule has 0 aliphatic carbocycles. The summed E-state index contributed by atoms with van der Waals surface area (Å²) in [6, 6.07) is 24.2. The third kappa shape index (κ3) is 3.20. The van der Waals surface area contributed by atoms with Crippen molar-refractivity contribution in [2.24, 2.45) is 0 Å². The van der Waals surface area contributed by atoms with E-state index in [-0.39, 0.29) is 5.69 Å². The lowest BCUT2D eigenvalue weighted by Crippen LogP contribution is -2.55. The van der Waals surface area contributed by atoms with Crippen molar-refractivity contribution in [3.63, 3.8) is 0 Å². The number of nitrogens with zero attached hydrogens (tertiary/aromatic N) is 3. The van der Waals surface area contributed by atoms with E-state index in [0.717, 1.165) is 17.4 Å². The van der Waals surface area contributed by atoms with Crippen molar-refractivity contribution in [3.8, 4) is 0 Å². The van der Waals surface area contributed by atoms with Crippen LogP contribution in [-0.2, 0) is 0 Å². The van der Waals surface area contributed by atoms with Crippen molar-refractivity contribution in [1.82, 2.24) is 0 Å². The van der Waals surface area contributed by atoms with Gasteiger partial charge >= 0.3 is 0 Å². The standard InChI is InChI=1S/C21H19F2N3/c22-19-12-7-13-20(21(19)23)26-15-24(17-8-3-1-4-9-17)14-25(16-26)18-10-5-2-6-11-18/h1-13H,14-16H2. The molecule has 3 aromatic carbocycles. The summed E-state index contributed by atoms with van der Waals surface area (Å²) in [4.78, 5) is 6.13. The van der Waals surface area contributed by atoms with Gasteiger partial charge in [0.15, 0.2) is 11.6 Å². The minimum Gasteiger partial charge on any atom is -0.336 e. The Morgan fingerprint density at radius 3 is 1.58 bits per heavy atom. The lowest BCUT2D eigenvalue weighted by molar-refractivity contribution is 0.500. The average Bonchev–Trinajstić information content (AvgIpc) is 2.71. The number of rotatable bonds is 3. The fourth-order valence-electron chi connectivity index (χ4n) is 3.25. The highest BCUT2D eigenvalue weighted by Crippen LogP contribution is 2.28. The van der Waals surface area contributed by atoms with Crippen molar-refractivity contribution in [2.45, 2.75) is 0 Å². The normalized spacial score (nSPS) is 14.6. The lowest BCUT2D eigenvalue weighted by Gasteiger charge is -2.45. The number of anilines is 3. The first-order chi connectivity index (χ1) is 12.7. The van der Waals surface area contributed by atoms with Crippen LogP contribution in [0.2, 0.25) is 0 Å². The molecule has 1 aliphatic heterocycles. The molecule has 0 atom stereocenters. The Bertz CT molecular complexity index is 823. The molecule has 1 saturated heterocycles. The summed E-state index contributed by atoms with van der Waals surface area (Å²) in [6.07, 6.45) is 0. The Hall–Kier alpha value is -3.08. The molecule has 1 fully saturated rings. The molecule has 0 unspecified atom stereocenters. The van der Waals surface area contributed by atoms with Gasteiger partial charge in [0.05, 0.1) is 25.7 Å². The van der Waals surface area contributed by atoms with E-state index in [1.165, 1.54) is 0 Å². The minimum absolute atomic E-state index is 0.270. The Morgan fingerprint density at radius 2 is 1.04 bits per heavy atom. The maximum absolute atomic E-state index is 14.4. The highest BCUT2D eigenvalue weighted by atomic mass is 19.2. The first-order valence-corrected chi connectivity index (χ1v) is 8.51. The zero-order valence-electron chi connectivity index (χ0n) is 14.2. The molecule has 0 amide bonds. The monoisotopic (exact) mass is 351 g/mol. The first kappa shape index (κ1) is 16.4. The zero-order chi connectivity index (χ0) is 17.9. The van der Waals surface area contributed by atoms with Crippen LogP contribution in [0.5, 0.6) is 0 Å². The topological polar surface area (TPSA) is 9.72 Å². The summed E-state index contributed by atoms with van der Waals surface area (Å²) >= 11 is 0. The van der Waals surface area contributed by atoms with E-state index >= 15 is 0 Å². The number of benzene rings is 3. The molecule has 26 heavy (non-hydrogen) atoms. The second kappa shape index (κ2) is 7.04. The van der Waals surface area contributed by atoms with Crippen molar-refractivity contribution < 1.29 is 8.78 Å². The summed E-state index contributed by atoms with van der Waals surface area (Å²) in [6.45, 7) is 1.63. The van der Waals surface area contributed by atoms with Gasteiger partial charge in [0.2, 0.25) is 0 Å². The summed E-state index contributed by atoms with van der Waals surface area (Å²) < 4.78 is 28.1. The van der Waals surface area contributed by atoms with Crippen LogP contribution in [0.25, 0.3) is 0 Å². The minimum atomic E-state index is -0.828. The second-order valence-corrected chi connectivity index (χ2v) is 6.29. The van der Waals surface area contributed by atoms with Crippen molar-refractivity contribution in [2.75, 3.05) is 34.7 Å². The van der Waals surface area contributed by atoms with Gasteiger partial charge < -0.3 is 14.7 Å². The zero-order valence-corrected chi connectivity index (χ0v) is 14.2. The molecule has 3 nitrogen and oxygen atoms in total. The fraction of sp³-hybridized carbons (Fsp3) is 0.143. The quantitative estimate of drug-likeness (QED) is 0.679. The van der Waals surface area contributed by atoms with E-state index in [4.69, 9.17) is 0 Å². The Morgan fingerprint density at radius 1 is 0.538 bits per heavy atom. The molecule has 1 aliphatic rings. The van der Waals surface area contributed by atoms with Crippen molar-refractivity contribution >= 4 is 17.1 Å². The van der Waals surface area contributed by atoms with Crippen LogP contribution < -0.4 is 14.7 Å². The van der Waals surface area contributed by atoms with Gasteiger partial charge in [0.25, 0.3) is 0 Å². The van der Waals surface area contributed by atoms with Gasteiger partial charge in [-0.3, -0.25) is 0 Å². The van der Waals surface area contributed by atoms with E-state index in [0.29, 0.717) is 20.0 Å². The molecule has 0 bridgehead atoms. The summed E-state index contributed by atoms with van der Waals surface area (Å²) in [7, 11) is 0. The maximum atomic E-state index is 14.4. The SMILES string of the molecule is Fc1cccc(N2CN(c3ccccc3)CN(c3ccccc3)C2)c1F. The molecule has 4 rings (SSSR count). The number of hydrogen-bond acceptors (Lipinski definition) is 3. The summed E-state index contributed by atoms with van der Waals surface area (Å²) in [5.74, 6) is -1.64. The average molecular weight is 351 g/mol. The molecular formula is C21H19F2N3. The smallest absolute Gasteiger partial charge is 0.182 e. The van der Waals surface area contributed by atoms with Gasteiger partial charge in [-0.1, -0.05) is 42.5 Å². The molecule has 0 N–H and O–H groups in total. The van der Waals surface area contributed by atoms with E-state index < -0.39 is 11.6 Å². The van der Waals surface area contributed by atoms with Gasteiger partial charge in [-0.2, -0.15) is 0 Å². The van der Waals surface area contributed by atoms with Gasteiger partial charge in [0, 0.05) is 11.4 Å². The molecule has 0 saturated carbocycles. The predicted molar refractivity (Wildman–Crippen MR) is 101 cm³/mol. The highest BCUT2D eigenvalue weighted by Gasteiger charge is 2.26. The lowest BCUT2D eigenvalue weighted by atomic mass is 10.2. The van der Waals surface area contributed by atoms with Crippen LogP contribution in [0.3, 0.4) is 0 Å². The third-order valence-electron chi connectivity index (χ3n) is 4.54. The maximum Gasteiger partial charge on any atom is 0.182 e. The van der Waals surface area contributed by atoms with E-state index in [1.54, 1.807) is 12.1 Å². The largest absolute Gasteiger partial charge is 0.336 e. The Labute approximate surface area is 151 Å². The Kier molecular flexibility index (Phi) is 4.44. The predicted octanol–water partition coefficient (Wildman–Crippen LogP) is 4.67. The molecule has 3 aromatic rings. The molecule has 132 valence electrons. The molecular weight excluding hydrogens is 332 g/mol. The van der Waals surface area contributed by atoms with E-state index in [2.05, 4.69) is 9.80 Å². The number of halogens is 2. The van der Waals surface area contributed by atoms with Crippen LogP contribution in [0.4, 0.5) is 25.8 Å². The van der Waals surface area contributed by atoms with Crippen molar-refractivity contribution in [1.29, 1.82) is 0 Å². The molecule has 5 heteroatoms. The fourth-order valence-corrected chi connectivity index (χ4v) is 3.25. The van der Waals surface area contributed by atoms with Crippen molar-refractivity contribution in [3.05, 3.63) is 90.5 Å². The van der Waals surface area contributed by atoms with E-state index in [1.807, 2.05) is 65.6 Å². The van der Waals surface area contributed by atoms with Crippen LogP contribution in [0.15, 0.2) is 78.9 Å². The number of hydrogen-bond donors (Lipinski definition) is 0. The molecule has 0 spiro atoms. The molecule has 0 radical (unpaired) electrons. The highest BCUT2D eigenvalue weighted by molar-refractivity contribution is 5.59. The van der Waals surface area contributed by atoms with Gasteiger partial charge in [0.1, 0.15) is 0 Å². The number of para-hydroxylation sites is 2.